The Morgan fingerprint density at radius 2 is 2.00 bits per heavy atom. The maximum absolute atomic E-state index is 12.7. The topological polar surface area (TPSA) is 123 Å². The summed E-state index contributed by atoms with van der Waals surface area (Å²) in [6.07, 6.45) is 1.39. The lowest BCUT2D eigenvalue weighted by Crippen LogP contribution is -2.36. The number of hydrogen-bond donors (Lipinski definition) is 1. The number of nitrogens with one attached hydrogen (secondary N) is 1. The van der Waals surface area contributed by atoms with E-state index in [0.717, 1.165) is 4.90 Å². The van der Waals surface area contributed by atoms with Gasteiger partial charge in [-0.3, -0.25) is 29.4 Å². The minimum absolute atomic E-state index is 0.0346. The highest BCUT2D eigenvalue weighted by Crippen LogP contribution is 2.34. The number of benzene rings is 2. The highest BCUT2D eigenvalue weighted by Gasteiger charge is 2.36. The molecule has 1 saturated heterocycles. The lowest BCUT2D eigenvalue weighted by molar-refractivity contribution is -0.385. The molecule has 1 aromatic heterocycles. The zero-order chi connectivity index (χ0) is 24.4. The van der Waals surface area contributed by atoms with Gasteiger partial charge in [0.15, 0.2) is 0 Å². The van der Waals surface area contributed by atoms with E-state index < -0.39 is 28.5 Å². The van der Waals surface area contributed by atoms with Gasteiger partial charge in [0.2, 0.25) is 5.91 Å². The van der Waals surface area contributed by atoms with Crippen LogP contribution in [0.15, 0.2) is 63.9 Å². The number of aryl methyl sites for hydroxylation is 1. The van der Waals surface area contributed by atoms with Gasteiger partial charge in [-0.1, -0.05) is 29.8 Å². The van der Waals surface area contributed by atoms with Gasteiger partial charge in [-0.25, -0.2) is 0 Å². The van der Waals surface area contributed by atoms with Crippen LogP contribution in [0, 0.1) is 17.0 Å². The average molecular weight is 498 g/mol. The first-order chi connectivity index (χ1) is 16.2. The van der Waals surface area contributed by atoms with Crippen LogP contribution in [0.1, 0.15) is 11.3 Å². The van der Waals surface area contributed by atoms with Gasteiger partial charge in [0.05, 0.1) is 9.83 Å². The minimum atomic E-state index is -0.625. The zero-order valence-electron chi connectivity index (χ0n) is 17.6. The summed E-state index contributed by atoms with van der Waals surface area (Å²) in [5.41, 5.74) is 1.43. The average Bonchev–Trinajstić information content (AvgIpc) is 3.34. The van der Waals surface area contributed by atoms with Crippen molar-refractivity contribution in [2.45, 2.75) is 6.92 Å². The molecule has 0 aliphatic carbocycles. The fourth-order valence-corrected chi connectivity index (χ4v) is 4.23. The van der Waals surface area contributed by atoms with Gasteiger partial charge in [-0.15, -0.1) is 0 Å². The van der Waals surface area contributed by atoms with Gasteiger partial charge in [0.25, 0.3) is 16.8 Å². The molecule has 34 heavy (non-hydrogen) atoms. The van der Waals surface area contributed by atoms with Crippen molar-refractivity contribution in [2.75, 3.05) is 11.9 Å². The maximum atomic E-state index is 12.7. The fraction of sp³-hybridized carbons (Fsp3) is 0.0870. The Morgan fingerprint density at radius 3 is 2.74 bits per heavy atom. The Bertz CT molecular complexity index is 1370. The molecule has 0 atom stereocenters. The van der Waals surface area contributed by atoms with Crippen molar-refractivity contribution >= 4 is 57.9 Å². The van der Waals surface area contributed by atoms with Gasteiger partial charge in [0.1, 0.15) is 18.1 Å². The van der Waals surface area contributed by atoms with E-state index in [-0.39, 0.29) is 16.4 Å². The van der Waals surface area contributed by atoms with Crippen LogP contribution in [0.25, 0.3) is 17.4 Å². The number of amides is 3. The van der Waals surface area contributed by atoms with Crippen LogP contribution < -0.4 is 5.32 Å². The smallest absolute Gasteiger partial charge is 0.294 e. The first-order valence-corrected chi connectivity index (χ1v) is 11.1. The molecule has 11 heteroatoms. The molecule has 172 valence electrons. The number of halogens is 1. The number of anilines is 1. The van der Waals surface area contributed by atoms with Crippen molar-refractivity contribution in [3.8, 4) is 11.3 Å². The number of nitro benzene ring substituents is 1. The van der Waals surface area contributed by atoms with E-state index in [1.807, 2.05) is 0 Å². The fourth-order valence-electron chi connectivity index (χ4n) is 3.22. The molecule has 3 amide bonds. The van der Waals surface area contributed by atoms with Gasteiger partial charge >= 0.3 is 0 Å². The summed E-state index contributed by atoms with van der Waals surface area (Å²) in [7, 11) is 0. The Morgan fingerprint density at radius 1 is 1.21 bits per heavy atom. The number of nitro groups is 1. The largest absolute Gasteiger partial charge is 0.457 e. The Hall–Kier alpha value is -3.89. The second-order valence-corrected chi connectivity index (χ2v) is 8.72. The molecule has 0 spiro atoms. The maximum Gasteiger partial charge on any atom is 0.294 e. The van der Waals surface area contributed by atoms with Crippen molar-refractivity contribution in [1.29, 1.82) is 0 Å². The molecule has 0 bridgehead atoms. The molecule has 2 heterocycles. The van der Waals surface area contributed by atoms with Gasteiger partial charge in [0, 0.05) is 34.0 Å². The molecule has 2 aromatic carbocycles. The molecular formula is C23H16ClN3O6S. The minimum Gasteiger partial charge on any atom is -0.457 e. The van der Waals surface area contributed by atoms with Crippen LogP contribution in [-0.4, -0.2) is 33.4 Å². The van der Waals surface area contributed by atoms with E-state index in [1.165, 1.54) is 12.1 Å². The Balaban J connectivity index is 1.47. The molecule has 4 rings (SSSR count). The van der Waals surface area contributed by atoms with Crippen LogP contribution in [0.5, 0.6) is 0 Å². The molecule has 1 aliphatic rings. The number of carbonyl (C=O) groups is 3. The predicted octanol–water partition coefficient (Wildman–Crippen LogP) is 5.49. The molecule has 9 nitrogen and oxygen atoms in total. The van der Waals surface area contributed by atoms with Gasteiger partial charge in [-0.2, -0.15) is 0 Å². The predicted molar refractivity (Wildman–Crippen MR) is 128 cm³/mol. The van der Waals surface area contributed by atoms with Crippen molar-refractivity contribution in [3.05, 3.63) is 86.0 Å². The van der Waals surface area contributed by atoms with Gasteiger partial charge < -0.3 is 9.73 Å². The van der Waals surface area contributed by atoms with Crippen molar-refractivity contribution in [1.82, 2.24) is 4.90 Å². The summed E-state index contributed by atoms with van der Waals surface area (Å²) in [5, 5.41) is 13.6. The van der Waals surface area contributed by atoms with Crippen molar-refractivity contribution in [2.24, 2.45) is 0 Å². The molecule has 0 radical (unpaired) electrons. The van der Waals surface area contributed by atoms with Crippen LogP contribution in [0.2, 0.25) is 5.02 Å². The number of furan rings is 1. The first-order valence-electron chi connectivity index (χ1n) is 9.87. The quantitative estimate of drug-likeness (QED) is 0.271. The molecule has 3 aromatic rings. The second-order valence-electron chi connectivity index (χ2n) is 7.29. The van der Waals surface area contributed by atoms with E-state index in [1.54, 1.807) is 55.5 Å². The van der Waals surface area contributed by atoms with E-state index in [0.29, 0.717) is 39.4 Å². The third kappa shape index (κ3) is 5.03. The molecular weight excluding hydrogens is 482 g/mol. The monoisotopic (exact) mass is 497 g/mol. The van der Waals surface area contributed by atoms with Crippen molar-refractivity contribution in [3.63, 3.8) is 0 Å². The second kappa shape index (κ2) is 9.54. The summed E-state index contributed by atoms with van der Waals surface area (Å²) < 4.78 is 5.71. The Kier molecular flexibility index (Phi) is 6.53. The number of hydrogen-bond acceptors (Lipinski definition) is 7. The zero-order valence-corrected chi connectivity index (χ0v) is 19.2. The van der Waals surface area contributed by atoms with E-state index in [2.05, 4.69) is 5.32 Å². The summed E-state index contributed by atoms with van der Waals surface area (Å²) in [6.45, 7) is 1.19. The SMILES string of the molecule is Cc1ccc(-c2ccc(/C=C3/SC(=O)N(CC(=O)Nc4cccc(Cl)c4)C3=O)o2)cc1[N+](=O)[O-]. The third-order valence-electron chi connectivity index (χ3n) is 4.87. The normalized spacial score (nSPS) is 14.6. The number of thioether (sulfide) groups is 1. The number of nitrogens with zero attached hydrogens (tertiary/aromatic N) is 2. The summed E-state index contributed by atoms with van der Waals surface area (Å²) in [5.74, 6) is -0.520. The van der Waals surface area contributed by atoms with E-state index in [4.69, 9.17) is 16.0 Å². The van der Waals surface area contributed by atoms with Crippen LogP contribution in [0.4, 0.5) is 16.2 Å². The van der Waals surface area contributed by atoms with Crippen LogP contribution in [0.3, 0.4) is 0 Å². The number of rotatable bonds is 6. The highest BCUT2D eigenvalue weighted by atomic mass is 35.5. The van der Waals surface area contributed by atoms with Crippen LogP contribution in [-0.2, 0) is 9.59 Å². The number of imide groups is 1. The lowest BCUT2D eigenvalue weighted by Gasteiger charge is -2.12. The Labute approximate surface area is 202 Å². The number of carbonyl (C=O) groups excluding carboxylic acids is 3. The highest BCUT2D eigenvalue weighted by molar-refractivity contribution is 8.18. The lowest BCUT2D eigenvalue weighted by atomic mass is 10.1. The van der Waals surface area contributed by atoms with Crippen molar-refractivity contribution < 1.29 is 23.7 Å². The molecule has 0 unspecified atom stereocenters. The molecule has 1 N–H and O–H groups in total. The molecule has 0 saturated carbocycles. The van der Waals surface area contributed by atoms with Crippen LogP contribution >= 0.6 is 23.4 Å². The van der Waals surface area contributed by atoms with E-state index >= 15 is 0 Å². The van der Waals surface area contributed by atoms with Gasteiger partial charge in [-0.05, 0) is 49.0 Å². The molecule has 1 fully saturated rings. The first kappa shape index (κ1) is 23.3. The van der Waals surface area contributed by atoms with E-state index in [9.17, 15) is 24.5 Å². The molecule has 1 aliphatic heterocycles. The third-order valence-corrected chi connectivity index (χ3v) is 6.02. The summed E-state index contributed by atoms with van der Waals surface area (Å²) >= 11 is 6.58. The standard InChI is InChI=1S/C23H16ClN3O6S/c1-13-5-6-14(9-18(13)27(31)32)19-8-7-17(33-19)11-20-22(29)26(23(30)34-20)12-21(28)25-16-4-2-3-15(24)10-16/h2-11H,12H2,1H3,(H,25,28)/b20-11+. The summed E-state index contributed by atoms with van der Waals surface area (Å²) in [6, 6.07) is 14.4. The summed E-state index contributed by atoms with van der Waals surface area (Å²) in [4.78, 5) is 49.0.